The van der Waals surface area contributed by atoms with Crippen molar-refractivity contribution in [2.75, 3.05) is 13.7 Å². The molecule has 144 valence electrons. The third-order valence-corrected chi connectivity index (χ3v) is 4.25. The van der Waals surface area contributed by atoms with Crippen LogP contribution in [0.3, 0.4) is 0 Å². The number of esters is 2. The summed E-state index contributed by atoms with van der Waals surface area (Å²) in [5, 5.41) is 3.27. The van der Waals surface area contributed by atoms with Gasteiger partial charge in [0.15, 0.2) is 6.61 Å². The number of rotatable bonds is 7. The van der Waals surface area contributed by atoms with Gasteiger partial charge in [0.1, 0.15) is 6.04 Å². The number of ether oxygens (including phenoxy) is 2. The van der Waals surface area contributed by atoms with E-state index in [1.54, 1.807) is 6.07 Å². The van der Waals surface area contributed by atoms with Crippen molar-refractivity contribution in [1.29, 1.82) is 0 Å². The number of nitrogens with one attached hydrogen (secondary N) is 2. The molecule has 0 radical (unpaired) electrons. The lowest BCUT2D eigenvalue weighted by atomic mass is 10.1. The first-order valence-corrected chi connectivity index (χ1v) is 8.73. The van der Waals surface area contributed by atoms with E-state index in [0.29, 0.717) is 10.9 Å². The summed E-state index contributed by atoms with van der Waals surface area (Å²) in [7, 11) is 1.25. The van der Waals surface area contributed by atoms with Crippen LogP contribution in [0.15, 0.2) is 60.8 Å². The number of carbonyl (C=O) groups excluding carboxylic acids is 3. The quantitative estimate of drug-likeness (QED) is 0.613. The predicted octanol–water partition coefficient (Wildman–Crippen LogP) is 2.23. The van der Waals surface area contributed by atoms with Crippen molar-refractivity contribution in [1.82, 2.24) is 10.3 Å². The molecule has 0 aliphatic heterocycles. The van der Waals surface area contributed by atoms with Gasteiger partial charge in [-0.1, -0.05) is 48.5 Å². The van der Waals surface area contributed by atoms with E-state index in [1.807, 2.05) is 48.5 Å². The average molecular weight is 380 g/mol. The summed E-state index contributed by atoms with van der Waals surface area (Å²) in [6, 6.07) is 15.6. The van der Waals surface area contributed by atoms with Crippen LogP contribution in [0.25, 0.3) is 10.9 Å². The molecule has 0 saturated heterocycles. The zero-order chi connectivity index (χ0) is 19.9. The largest absolute Gasteiger partial charge is 0.467 e. The maximum absolute atomic E-state index is 12.3. The molecule has 1 unspecified atom stereocenters. The molecule has 1 atom stereocenters. The molecule has 28 heavy (non-hydrogen) atoms. The van der Waals surface area contributed by atoms with Gasteiger partial charge in [-0.3, -0.25) is 4.79 Å². The van der Waals surface area contributed by atoms with Gasteiger partial charge in [0.05, 0.1) is 12.7 Å². The molecule has 0 saturated carbocycles. The van der Waals surface area contributed by atoms with Gasteiger partial charge >= 0.3 is 11.9 Å². The number of amides is 1. The Hall–Kier alpha value is -3.61. The standard InChI is InChI=1S/C21H20N2O5/c1-27-21(26)18(11-14-7-3-2-4-8-14)23-19(24)13-28-20(25)16-12-22-17-10-6-5-9-15(16)17/h2-10,12,18,22H,11,13H2,1H3,(H,23,24). The van der Waals surface area contributed by atoms with Gasteiger partial charge in [0, 0.05) is 23.5 Å². The van der Waals surface area contributed by atoms with Crippen molar-refractivity contribution in [3.63, 3.8) is 0 Å². The highest BCUT2D eigenvalue weighted by Crippen LogP contribution is 2.18. The van der Waals surface area contributed by atoms with Crippen molar-refractivity contribution in [2.45, 2.75) is 12.5 Å². The molecular weight excluding hydrogens is 360 g/mol. The molecule has 0 spiro atoms. The second-order valence-electron chi connectivity index (χ2n) is 6.16. The zero-order valence-corrected chi connectivity index (χ0v) is 15.3. The number of H-pyrrole nitrogens is 1. The molecule has 2 aromatic carbocycles. The Labute approximate surface area is 161 Å². The lowest BCUT2D eigenvalue weighted by Crippen LogP contribution is -2.44. The van der Waals surface area contributed by atoms with Crippen molar-refractivity contribution in [2.24, 2.45) is 0 Å². The van der Waals surface area contributed by atoms with Crippen LogP contribution < -0.4 is 5.32 Å². The molecule has 2 N–H and O–H groups in total. The maximum atomic E-state index is 12.3. The molecule has 0 fully saturated rings. The van der Waals surface area contributed by atoms with E-state index >= 15 is 0 Å². The number of carbonyl (C=O) groups is 3. The number of methoxy groups -OCH3 is 1. The summed E-state index contributed by atoms with van der Waals surface area (Å²) in [4.78, 5) is 39.4. The first-order chi connectivity index (χ1) is 13.6. The lowest BCUT2D eigenvalue weighted by molar-refractivity contribution is -0.145. The molecule has 1 amide bonds. The number of aromatic amines is 1. The molecule has 7 nitrogen and oxygen atoms in total. The fourth-order valence-corrected chi connectivity index (χ4v) is 2.87. The van der Waals surface area contributed by atoms with Crippen LogP contribution in [0.4, 0.5) is 0 Å². The third kappa shape index (κ3) is 4.56. The second-order valence-corrected chi connectivity index (χ2v) is 6.16. The fraction of sp³-hybridized carbons (Fsp3) is 0.190. The number of hydrogen-bond acceptors (Lipinski definition) is 5. The van der Waals surface area contributed by atoms with Crippen molar-refractivity contribution in [3.8, 4) is 0 Å². The fourth-order valence-electron chi connectivity index (χ4n) is 2.87. The van der Waals surface area contributed by atoms with Gasteiger partial charge in [0.25, 0.3) is 5.91 Å². The number of aromatic nitrogens is 1. The van der Waals surface area contributed by atoms with E-state index in [1.165, 1.54) is 13.3 Å². The molecule has 3 aromatic rings. The van der Waals surface area contributed by atoms with Gasteiger partial charge in [0.2, 0.25) is 0 Å². The highest BCUT2D eigenvalue weighted by molar-refractivity contribution is 6.04. The van der Waals surface area contributed by atoms with Crippen LogP contribution in [0.2, 0.25) is 0 Å². The van der Waals surface area contributed by atoms with Gasteiger partial charge in [-0.25, -0.2) is 9.59 Å². The van der Waals surface area contributed by atoms with Gasteiger partial charge in [-0.2, -0.15) is 0 Å². The number of para-hydroxylation sites is 1. The Bertz CT molecular complexity index is 981. The predicted molar refractivity (Wildman–Crippen MR) is 103 cm³/mol. The van der Waals surface area contributed by atoms with Gasteiger partial charge < -0.3 is 19.8 Å². The maximum Gasteiger partial charge on any atom is 0.340 e. The van der Waals surface area contributed by atoms with Crippen molar-refractivity contribution < 1.29 is 23.9 Å². The van der Waals surface area contributed by atoms with E-state index in [0.717, 1.165) is 11.1 Å². The molecule has 0 aliphatic rings. The lowest BCUT2D eigenvalue weighted by Gasteiger charge is -2.16. The van der Waals surface area contributed by atoms with E-state index < -0.39 is 30.5 Å². The Morgan fingerprint density at radius 2 is 1.75 bits per heavy atom. The number of hydrogen-bond donors (Lipinski definition) is 2. The minimum atomic E-state index is -0.869. The van der Waals surface area contributed by atoms with Gasteiger partial charge in [-0.05, 0) is 11.6 Å². The Kier molecular flexibility index (Phi) is 6.06. The van der Waals surface area contributed by atoms with E-state index in [9.17, 15) is 14.4 Å². The molecule has 0 bridgehead atoms. The summed E-state index contributed by atoms with van der Waals surface area (Å²) < 4.78 is 9.85. The molecular formula is C21H20N2O5. The summed E-state index contributed by atoms with van der Waals surface area (Å²) in [5.41, 5.74) is 2.01. The third-order valence-electron chi connectivity index (χ3n) is 4.25. The average Bonchev–Trinajstić information content (AvgIpc) is 3.16. The molecule has 0 aliphatic carbocycles. The first-order valence-electron chi connectivity index (χ1n) is 8.73. The summed E-state index contributed by atoms with van der Waals surface area (Å²) in [6.45, 7) is -0.499. The summed E-state index contributed by atoms with van der Waals surface area (Å²) in [6.07, 6.45) is 1.81. The highest BCUT2D eigenvalue weighted by Gasteiger charge is 2.23. The van der Waals surface area contributed by atoms with Crippen LogP contribution in [0.5, 0.6) is 0 Å². The normalized spacial score (nSPS) is 11.6. The highest BCUT2D eigenvalue weighted by atomic mass is 16.5. The van der Waals surface area contributed by atoms with Gasteiger partial charge in [-0.15, -0.1) is 0 Å². The van der Waals surface area contributed by atoms with Crippen molar-refractivity contribution >= 4 is 28.7 Å². The van der Waals surface area contributed by atoms with Crippen LogP contribution >= 0.6 is 0 Å². The molecule has 1 aromatic heterocycles. The Morgan fingerprint density at radius 1 is 1.04 bits per heavy atom. The number of fused-ring (bicyclic) bond motifs is 1. The monoisotopic (exact) mass is 380 g/mol. The van der Waals surface area contributed by atoms with Crippen LogP contribution in [-0.2, 0) is 25.5 Å². The second kappa shape index (κ2) is 8.85. The van der Waals surface area contributed by atoms with Crippen LogP contribution in [0.1, 0.15) is 15.9 Å². The zero-order valence-electron chi connectivity index (χ0n) is 15.3. The number of benzene rings is 2. The minimum absolute atomic E-state index is 0.273. The SMILES string of the molecule is COC(=O)C(Cc1ccccc1)NC(=O)COC(=O)c1c[nH]c2ccccc12. The van der Waals surface area contributed by atoms with E-state index in [4.69, 9.17) is 9.47 Å². The topological polar surface area (TPSA) is 97.5 Å². The summed E-state index contributed by atoms with van der Waals surface area (Å²) >= 11 is 0. The minimum Gasteiger partial charge on any atom is -0.467 e. The first kappa shape index (κ1) is 19.2. The molecule has 1 heterocycles. The summed E-state index contributed by atoms with van der Waals surface area (Å²) in [5.74, 6) is -1.77. The van der Waals surface area contributed by atoms with Crippen LogP contribution in [0, 0.1) is 0 Å². The molecule has 3 rings (SSSR count). The molecule has 7 heteroatoms. The smallest absolute Gasteiger partial charge is 0.340 e. The van der Waals surface area contributed by atoms with E-state index in [2.05, 4.69) is 10.3 Å². The van der Waals surface area contributed by atoms with E-state index in [-0.39, 0.29) is 6.42 Å². The van der Waals surface area contributed by atoms with Crippen molar-refractivity contribution in [3.05, 3.63) is 71.9 Å². The van der Waals surface area contributed by atoms with Crippen LogP contribution in [-0.4, -0.2) is 42.6 Å². The Balaban J connectivity index is 1.59. The Morgan fingerprint density at radius 3 is 2.50 bits per heavy atom.